The van der Waals surface area contributed by atoms with Gasteiger partial charge < -0.3 is 10.1 Å². The Kier molecular flexibility index (Phi) is 2.52. The highest BCUT2D eigenvalue weighted by Gasteiger charge is 2.17. The van der Waals surface area contributed by atoms with Crippen LogP contribution in [0.2, 0.25) is 0 Å². The predicted molar refractivity (Wildman–Crippen MR) is 68.7 cm³/mol. The minimum atomic E-state index is 0.759. The minimum Gasteiger partial charge on any atom is -0.396 e. The maximum Gasteiger partial charge on any atom is 0.160 e. The zero-order valence-electron chi connectivity index (χ0n) is 9.10. The molecule has 3 nitrogen and oxygen atoms in total. The van der Waals surface area contributed by atoms with E-state index in [9.17, 15) is 0 Å². The lowest BCUT2D eigenvalue weighted by molar-refractivity contribution is 0.589. The number of fused-ring (bicyclic) bond motifs is 1. The number of nitrogen functional groups attached to an aromatic ring is 1. The first-order valence-electron chi connectivity index (χ1n) is 5.63. The summed E-state index contributed by atoms with van der Waals surface area (Å²) >= 11 is 2.05. The van der Waals surface area contributed by atoms with E-state index in [1.54, 1.807) is 0 Å². The first-order chi connectivity index (χ1) is 7.83. The molecule has 3 rings (SSSR count). The number of aromatic nitrogens is 2. The van der Waals surface area contributed by atoms with Crippen molar-refractivity contribution < 1.29 is 0 Å². The van der Waals surface area contributed by atoms with E-state index in [1.807, 2.05) is 22.7 Å². The standard InChI is InChI=1S/C12H15N3S/c13-11-2-1-4-15-7-10(14-12(11)15)6-9-3-5-16-8-9/h1-2,4,7,9H,3,5-6,8,13H2. The van der Waals surface area contributed by atoms with E-state index < -0.39 is 0 Å². The summed E-state index contributed by atoms with van der Waals surface area (Å²) in [7, 11) is 0. The van der Waals surface area contributed by atoms with E-state index in [0.29, 0.717) is 0 Å². The van der Waals surface area contributed by atoms with Gasteiger partial charge in [-0.2, -0.15) is 11.8 Å². The Morgan fingerprint density at radius 1 is 1.56 bits per heavy atom. The molecule has 1 atom stereocenters. The number of anilines is 1. The summed E-state index contributed by atoms with van der Waals surface area (Å²) in [5.74, 6) is 3.39. The van der Waals surface area contributed by atoms with Gasteiger partial charge in [0, 0.05) is 12.4 Å². The molecular formula is C12H15N3S. The molecule has 2 N–H and O–H groups in total. The molecule has 4 heteroatoms. The van der Waals surface area contributed by atoms with Crippen LogP contribution in [-0.2, 0) is 6.42 Å². The molecule has 1 unspecified atom stereocenters. The average molecular weight is 233 g/mol. The molecular weight excluding hydrogens is 218 g/mol. The van der Waals surface area contributed by atoms with Gasteiger partial charge in [0.15, 0.2) is 5.65 Å². The molecule has 1 fully saturated rings. The summed E-state index contributed by atoms with van der Waals surface area (Å²) in [6.07, 6.45) is 6.53. The maximum absolute atomic E-state index is 5.89. The van der Waals surface area contributed by atoms with Crippen molar-refractivity contribution in [2.45, 2.75) is 12.8 Å². The second-order valence-corrected chi connectivity index (χ2v) is 5.51. The topological polar surface area (TPSA) is 43.3 Å². The number of imidazole rings is 1. The van der Waals surface area contributed by atoms with Crippen LogP contribution in [0.5, 0.6) is 0 Å². The van der Waals surface area contributed by atoms with Gasteiger partial charge in [-0.15, -0.1) is 0 Å². The zero-order valence-corrected chi connectivity index (χ0v) is 9.91. The Morgan fingerprint density at radius 2 is 2.50 bits per heavy atom. The van der Waals surface area contributed by atoms with Crippen LogP contribution in [0.15, 0.2) is 24.5 Å². The number of nitrogens with zero attached hydrogens (tertiary/aromatic N) is 2. The Balaban J connectivity index is 1.90. The van der Waals surface area contributed by atoms with Crippen molar-refractivity contribution in [1.29, 1.82) is 0 Å². The van der Waals surface area contributed by atoms with Gasteiger partial charge in [0.05, 0.1) is 11.4 Å². The zero-order chi connectivity index (χ0) is 11.0. The average Bonchev–Trinajstić information content (AvgIpc) is 2.88. The molecule has 1 aliphatic rings. The van der Waals surface area contributed by atoms with Crippen molar-refractivity contribution in [2.24, 2.45) is 5.92 Å². The van der Waals surface area contributed by atoms with Gasteiger partial charge in [-0.1, -0.05) is 0 Å². The monoisotopic (exact) mass is 233 g/mol. The lowest BCUT2D eigenvalue weighted by Crippen LogP contribution is -2.02. The molecule has 0 bridgehead atoms. The van der Waals surface area contributed by atoms with Crippen LogP contribution in [0.4, 0.5) is 5.69 Å². The highest BCUT2D eigenvalue weighted by Crippen LogP contribution is 2.26. The van der Waals surface area contributed by atoms with Crippen LogP contribution in [0.1, 0.15) is 12.1 Å². The van der Waals surface area contributed by atoms with Gasteiger partial charge in [-0.25, -0.2) is 4.98 Å². The van der Waals surface area contributed by atoms with Crippen molar-refractivity contribution in [3.05, 3.63) is 30.2 Å². The normalized spacial score (nSPS) is 20.6. The van der Waals surface area contributed by atoms with E-state index in [1.165, 1.54) is 23.6 Å². The number of rotatable bonds is 2. The van der Waals surface area contributed by atoms with Crippen LogP contribution in [-0.4, -0.2) is 20.9 Å². The molecule has 0 aliphatic carbocycles. The molecule has 1 saturated heterocycles. The molecule has 0 spiro atoms. The van der Waals surface area contributed by atoms with Crippen LogP contribution in [0, 0.1) is 5.92 Å². The fourth-order valence-electron chi connectivity index (χ4n) is 2.22. The molecule has 2 aromatic heterocycles. The van der Waals surface area contributed by atoms with Crippen LogP contribution in [0.25, 0.3) is 5.65 Å². The van der Waals surface area contributed by atoms with Gasteiger partial charge in [0.2, 0.25) is 0 Å². The van der Waals surface area contributed by atoms with Crippen molar-refractivity contribution >= 4 is 23.1 Å². The van der Waals surface area contributed by atoms with E-state index in [2.05, 4.69) is 22.9 Å². The third kappa shape index (κ3) is 1.78. The number of nitrogens with two attached hydrogens (primary N) is 1. The summed E-state index contributed by atoms with van der Waals surface area (Å²) in [6, 6.07) is 3.86. The van der Waals surface area contributed by atoms with Crippen molar-refractivity contribution in [3.8, 4) is 0 Å². The molecule has 16 heavy (non-hydrogen) atoms. The number of pyridine rings is 1. The lowest BCUT2D eigenvalue weighted by Gasteiger charge is -2.03. The van der Waals surface area contributed by atoms with Crippen molar-refractivity contribution in [2.75, 3.05) is 17.2 Å². The number of hydrogen-bond acceptors (Lipinski definition) is 3. The fraction of sp³-hybridized carbons (Fsp3) is 0.417. The van der Waals surface area contributed by atoms with Gasteiger partial charge in [-0.05, 0) is 42.4 Å². The van der Waals surface area contributed by atoms with Crippen LogP contribution in [0.3, 0.4) is 0 Å². The molecule has 0 saturated carbocycles. The second kappa shape index (κ2) is 4.01. The highest BCUT2D eigenvalue weighted by atomic mass is 32.2. The smallest absolute Gasteiger partial charge is 0.160 e. The Morgan fingerprint density at radius 3 is 3.25 bits per heavy atom. The van der Waals surface area contributed by atoms with Gasteiger partial charge in [-0.3, -0.25) is 0 Å². The van der Waals surface area contributed by atoms with Crippen LogP contribution < -0.4 is 5.73 Å². The SMILES string of the molecule is Nc1cccn2cc(CC3CCSC3)nc12. The first kappa shape index (κ1) is 10.0. The van der Waals surface area contributed by atoms with Crippen molar-refractivity contribution in [3.63, 3.8) is 0 Å². The Bertz CT molecular complexity index is 500. The number of thioether (sulfide) groups is 1. The summed E-state index contributed by atoms with van der Waals surface area (Å²) in [5.41, 5.74) is 8.71. The maximum atomic E-state index is 5.89. The number of hydrogen-bond donors (Lipinski definition) is 1. The first-order valence-corrected chi connectivity index (χ1v) is 6.78. The minimum absolute atomic E-state index is 0.759. The van der Waals surface area contributed by atoms with E-state index >= 15 is 0 Å². The van der Waals surface area contributed by atoms with Gasteiger partial charge >= 0.3 is 0 Å². The third-order valence-electron chi connectivity index (χ3n) is 3.08. The molecule has 2 aromatic rings. The van der Waals surface area contributed by atoms with E-state index in [0.717, 1.165) is 23.7 Å². The Labute approximate surface area is 99.1 Å². The quantitative estimate of drug-likeness (QED) is 0.865. The highest BCUT2D eigenvalue weighted by molar-refractivity contribution is 7.99. The third-order valence-corrected chi connectivity index (χ3v) is 4.32. The van der Waals surface area contributed by atoms with E-state index in [-0.39, 0.29) is 0 Å². The molecule has 84 valence electrons. The second-order valence-electron chi connectivity index (χ2n) is 4.36. The van der Waals surface area contributed by atoms with Crippen molar-refractivity contribution in [1.82, 2.24) is 9.38 Å². The van der Waals surface area contributed by atoms with Gasteiger partial charge in [0.25, 0.3) is 0 Å². The summed E-state index contributed by atoms with van der Waals surface area (Å²) in [5, 5.41) is 0. The molecule has 3 heterocycles. The summed E-state index contributed by atoms with van der Waals surface area (Å²) < 4.78 is 2.02. The Hall–Kier alpha value is -1.16. The molecule has 0 amide bonds. The summed E-state index contributed by atoms with van der Waals surface area (Å²) in [4.78, 5) is 4.60. The largest absolute Gasteiger partial charge is 0.396 e. The molecule has 1 aliphatic heterocycles. The molecule has 0 aromatic carbocycles. The summed E-state index contributed by atoms with van der Waals surface area (Å²) in [6.45, 7) is 0. The fourth-order valence-corrected chi connectivity index (χ4v) is 3.51. The molecule has 0 radical (unpaired) electrons. The van der Waals surface area contributed by atoms with E-state index in [4.69, 9.17) is 5.73 Å². The lowest BCUT2D eigenvalue weighted by atomic mass is 10.0. The van der Waals surface area contributed by atoms with Gasteiger partial charge in [0.1, 0.15) is 0 Å². The predicted octanol–water partition coefficient (Wildman–Crippen LogP) is 2.21. The van der Waals surface area contributed by atoms with Crippen LogP contribution >= 0.6 is 11.8 Å².